The molecule has 0 atom stereocenters. The summed E-state index contributed by atoms with van der Waals surface area (Å²) in [7, 11) is 0. The average molecular weight is 236 g/mol. The van der Waals surface area contributed by atoms with Gasteiger partial charge in [-0.15, -0.1) is 0 Å². The topological polar surface area (TPSA) is 35.5 Å². The van der Waals surface area contributed by atoms with E-state index in [9.17, 15) is 4.79 Å². The molecule has 3 nitrogen and oxygen atoms in total. The fourth-order valence-corrected chi connectivity index (χ4v) is 1.73. The van der Waals surface area contributed by atoms with Crippen LogP contribution in [-0.4, -0.2) is 26.1 Å². The van der Waals surface area contributed by atoms with Crippen molar-refractivity contribution in [2.75, 3.05) is 19.8 Å². The minimum Gasteiger partial charge on any atom is -0.486 e. The van der Waals surface area contributed by atoms with Gasteiger partial charge in [-0.2, -0.15) is 0 Å². The van der Waals surface area contributed by atoms with Crippen molar-refractivity contribution in [3.63, 3.8) is 0 Å². The van der Waals surface area contributed by atoms with E-state index in [1.165, 1.54) is 11.1 Å². The molecule has 0 heterocycles. The number of carbonyl (C=O) groups excluding carboxylic acids is 1. The first-order valence-corrected chi connectivity index (χ1v) is 5.94. The molecule has 0 N–H and O–H groups in total. The van der Waals surface area contributed by atoms with Gasteiger partial charge >= 0.3 is 0 Å². The Balaban J connectivity index is 2.75. The van der Waals surface area contributed by atoms with Gasteiger partial charge in [0.1, 0.15) is 12.4 Å². The molecule has 0 fully saturated rings. The number of hydrogen-bond acceptors (Lipinski definition) is 3. The molecule has 0 saturated carbocycles. The summed E-state index contributed by atoms with van der Waals surface area (Å²) in [5, 5.41) is 0. The Morgan fingerprint density at radius 3 is 2.65 bits per heavy atom. The van der Waals surface area contributed by atoms with Gasteiger partial charge in [0.05, 0.1) is 6.61 Å². The largest absolute Gasteiger partial charge is 0.486 e. The van der Waals surface area contributed by atoms with Crippen LogP contribution in [0.1, 0.15) is 23.6 Å². The van der Waals surface area contributed by atoms with Crippen LogP contribution in [0.3, 0.4) is 0 Å². The van der Waals surface area contributed by atoms with Gasteiger partial charge in [0.15, 0.2) is 6.29 Å². The minimum atomic E-state index is 0.110. The third kappa shape index (κ3) is 3.86. The van der Waals surface area contributed by atoms with E-state index in [4.69, 9.17) is 9.47 Å². The lowest BCUT2D eigenvalue weighted by Crippen LogP contribution is -2.04. The molecule has 0 aliphatic heterocycles. The van der Waals surface area contributed by atoms with Crippen molar-refractivity contribution in [3.05, 3.63) is 28.8 Å². The van der Waals surface area contributed by atoms with Gasteiger partial charge in [-0.25, -0.2) is 0 Å². The predicted molar refractivity (Wildman–Crippen MR) is 67.7 cm³/mol. The molecule has 0 unspecified atom stereocenters. The highest BCUT2D eigenvalue weighted by Gasteiger charge is 2.07. The van der Waals surface area contributed by atoms with Crippen molar-refractivity contribution in [2.24, 2.45) is 0 Å². The Hall–Kier alpha value is -1.35. The van der Waals surface area contributed by atoms with Crippen LogP contribution in [0.2, 0.25) is 0 Å². The zero-order valence-corrected chi connectivity index (χ0v) is 10.8. The molecular formula is C14H20O3. The van der Waals surface area contributed by atoms with Gasteiger partial charge in [-0.05, 0) is 49.9 Å². The summed E-state index contributed by atoms with van der Waals surface area (Å²) in [4.78, 5) is 10.3. The highest BCUT2D eigenvalue weighted by Crippen LogP contribution is 2.24. The molecule has 0 saturated heterocycles. The van der Waals surface area contributed by atoms with E-state index in [-0.39, 0.29) is 6.61 Å². The maximum atomic E-state index is 10.3. The van der Waals surface area contributed by atoms with E-state index in [2.05, 4.69) is 6.92 Å². The van der Waals surface area contributed by atoms with E-state index < -0.39 is 0 Å². The third-order valence-electron chi connectivity index (χ3n) is 2.88. The number of benzene rings is 1. The highest BCUT2D eigenvalue weighted by atomic mass is 16.5. The summed E-state index contributed by atoms with van der Waals surface area (Å²) >= 11 is 0. The fraction of sp³-hybridized carbons (Fsp3) is 0.500. The molecule has 0 aliphatic carbocycles. The van der Waals surface area contributed by atoms with Crippen LogP contribution in [0.4, 0.5) is 0 Å². The smallest absolute Gasteiger partial charge is 0.157 e. The second-order valence-corrected chi connectivity index (χ2v) is 3.90. The van der Waals surface area contributed by atoms with E-state index in [1.807, 2.05) is 26.0 Å². The standard InChI is InChI=1S/C14H20O3/c1-4-16-9-7-13-5-6-14(17-10-8-15)12(3)11(13)2/h5-6,8H,4,7,9-10H2,1-3H3. The van der Waals surface area contributed by atoms with E-state index in [0.29, 0.717) is 0 Å². The van der Waals surface area contributed by atoms with E-state index >= 15 is 0 Å². The number of ether oxygens (including phenoxy) is 2. The zero-order chi connectivity index (χ0) is 12.7. The molecule has 0 amide bonds. The SMILES string of the molecule is CCOCCc1ccc(OCC=O)c(C)c1C. The molecule has 0 spiro atoms. The summed E-state index contributed by atoms with van der Waals surface area (Å²) in [5.74, 6) is 0.787. The molecule has 17 heavy (non-hydrogen) atoms. The molecule has 3 heteroatoms. The van der Waals surface area contributed by atoms with Crippen molar-refractivity contribution < 1.29 is 14.3 Å². The second-order valence-electron chi connectivity index (χ2n) is 3.90. The fourth-order valence-electron chi connectivity index (χ4n) is 1.73. The molecule has 0 aromatic heterocycles. The molecule has 94 valence electrons. The Morgan fingerprint density at radius 2 is 2.00 bits per heavy atom. The predicted octanol–water partition coefficient (Wildman–Crippen LogP) is 2.46. The highest BCUT2D eigenvalue weighted by molar-refractivity contribution is 5.52. The Bertz CT molecular complexity index is 372. The van der Waals surface area contributed by atoms with Crippen LogP contribution in [0, 0.1) is 13.8 Å². The third-order valence-corrected chi connectivity index (χ3v) is 2.88. The van der Waals surface area contributed by atoms with Gasteiger partial charge in [-0.1, -0.05) is 6.07 Å². The summed E-state index contributed by atoms with van der Waals surface area (Å²) in [6.07, 6.45) is 1.67. The summed E-state index contributed by atoms with van der Waals surface area (Å²) in [6.45, 7) is 7.68. The lowest BCUT2D eigenvalue weighted by atomic mass is 10.0. The molecule has 0 radical (unpaired) electrons. The Kier molecular flexibility index (Phi) is 5.70. The van der Waals surface area contributed by atoms with Crippen LogP contribution < -0.4 is 4.74 Å². The monoisotopic (exact) mass is 236 g/mol. The number of rotatable bonds is 7. The zero-order valence-electron chi connectivity index (χ0n) is 10.8. The van der Waals surface area contributed by atoms with Crippen LogP contribution in [0.15, 0.2) is 12.1 Å². The van der Waals surface area contributed by atoms with Gasteiger partial charge in [-0.3, -0.25) is 4.79 Å². The first-order chi connectivity index (χ1) is 8.20. The normalized spacial score (nSPS) is 10.3. The average Bonchev–Trinajstić information content (AvgIpc) is 2.34. The van der Waals surface area contributed by atoms with Crippen LogP contribution >= 0.6 is 0 Å². The van der Waals surface area contributed by atoms with Gasteiger partial charge in [0, 0.05) is 6.61 Å². The van der Waals surface area contributed by atoms with Gasteiger partial charge in [0.25, 0.3) is 0 Å². The number of aldehydes is 1. The summed E-state index contributed by atoms with van der Waals surface area (Å²) in [5.41, 5.74) is 3.59. The van der Waals surface area contributed by atoms with Crippen molar-refractivity contribution in [2.45, 2.75) is 27.2 Å². The van der Waals surface area contributed by atoms with E-state index in [0.717, 1.165) is 37.2 Å². The van der Waals surface area contributed by atoms with Crippen LogP contribution in [0.5, 0.6) is 5.75 Å². The minimum absolute atomic E-state index is 0.110. The van der Waals surface area contributed by atoms with Crippen molar-refractivity contribution in [1.82, 2.24) is 0 Å². The van der Waals surface area contributed by atoms with Gasteiger partial charge in [0.2, 0.25) is 0 Å². The number of hydrogen-bond donors (Lipinski definition) is 0. The maximum Gasteiger partial charge on any atom is 0.157 e. The molecule has 1 aromatic rings. The van der Waals surface area contributed by atoms with Crippen molar-refractivity contribution >= 4 is 6.29 Å². The molecule has 1 rings (SSSR count). The summed E-state index contributed by atoms with van der Waals surface area (Å²) in [6, 6.07) is 3.97. The first kappa shape index (κ1) is 13.7. The lowest BCUT2D eigenvalue weighted by molar-refractivity contribution is -0.109. The quantitative estimate of drug-likeness (QED) is 0.539. The Labute approximate surface area is 103 Å². The second kappa shape index (κ2) is 7.07. The molecular weight excluding hydrogens is 216 g/mol. The van der Waals surface area contributed by atoms with Crippen molar-refractivity contribution in [3.8, 4) is 5.75 Å². The first-order valence-electron chi connectivity index (χ1n) is 5.94. The molecule has 1 aromatic carbocycles. The van der Waals surface area contributed by atoms with Gasteiger partial charge < -0.3 is 9.47 Å². The molecule has 0 bridgehead atoms. The lowest BCUT2D eigenvalue weighted by Gasteiger charge is -2.13. The van der Waals surface area contributed by atoms with E-state index in [1.54, 1.807) is 0 Å². The maximum absolute atomic E-state index is 10.3. The number of carbonyl (C=O) groups is 1. The van der Waals surface area contributed by atoms with Crippen LogP contribution in [0.25, 0.3) is 0 Å². The summed E-state index contributed by atoms with van der Waals surface area (Å²) < 4.78 is 10.7. The Morgan fingerprint density at radius 1 is 1.24 bits per heavy atom. The van der Waals surface area contributed by atoms with Crippen LogP contribution in [-0.2, 0) is 16.0 Å². The van der Waals surface area contributed by atoms with Crippen molar-refractivity contribution in [1.29, 1.82) is 0 Å². The molecule has 0 aliphatic rings.